The van der Waals surface area contributed by atoms with E-state index in [1.165, 1.54) is 10.9 Å². The molecular weight excluding hydrogens is 626 g/mol. The van der Waals surface area contributed by atoms with Gasteiger partial charge in [-0.05, 0) is 25.2 Å². The number of phosphoric acid groups is 2. The van der Waals surface area contributed by atoms with E-state index in [1.54, 1.807) is 18.2 Å². The molecule has 0 saturated heterocycles. The topological polar surface area (TPSA) is 295 Å². The number of aromatic nitrogens is 2. The van der Waals surface area contributed by atoms with Crippen molar-refractivity contribution in [2.24, 2.45) is 45.4 Å². The number of fused-ring (bicyclic) bond motifs is 1. The fraction of sp³-hybridized carbons (Fsp3) is 0.667. The molecule has 44 heavy (non-hydrogen) atoms. The van der Waals surface area contributed by atoms with Crippen LogP contribution >= 0.6 is 15.6 Å². The first-order valence-corrected chi connectivity index (χ1v) is 16.9. The zero-order valence-electron chi connectivity index (χ0n) is 23.3. The quantitative estimate of drug-likeness (QED) is 0.113. The van der Waals surface area contributed by atoms with Crippen LogP contribution in [0.2, 0.25) is 0 Å². The van der Waals surface area contributed by atoms with Crippen LogP contribution in [0, 0.1) is 23.7 Å². The molecule has 10 N–H and O–H groups in total. The maximum absolute atomic E-state index is 12.5. The van der Waals surface area contributed by atoms with Gasteiger partial charge in [-0.25, -0.2) is 14.1 Å². The number of nitrogens with two attached hydrogens (primary N) is 2. The molecule has 12 atom stereocenters. The van der Waals surface area contributed by atoms with Crippen molar-refractivity contribution in [1.29, 1.82) is 0 Å². The Bertz CT molecular complexity index is 1440. The number of rotatable bonds is 11. The number of carbonyl (C=O) groups excluding carboxylic acids is 1. The second-order valence-corrected chi connectivity index (χ2v) is 14.5. The third kappa shape index (κ3) is 6.97. The second-order valence-electron chi connectivity index (χ2n) is 11.5. The number of amides is 1. The van der Waals surface area contributed by atoms with Crippen LogP contribution in [0.4, 0.5) is 5.82 Å². The van der Waals surface area contributed by atoms with Gasteiger partial charge in [-0.1, -0.05) is 18.2 Å². The van der Waals surface area contributed by atoms with Gasteiger partial charge in [0.2, 0.25) is 5.91 Å². The maximum atomic E-state index is 12.5. The van der Waals surface area contributed by atoms with Crippen LogP contribution in [-0.4, -0.2) is 89.8 Å². The SMILES string of the molecule is NC(=O)C1=CC(C2CC(COP(=O)(O)OP(=O)(O)OCC3CC(n4cnc5c4N=NCC5N)C(O)C3O)C(O)C2O)C=CC1. The van der Waals surface area contributed by atoms with Crippen LogP contribution in [0.25, 0.3) is 0 Å². The zero-order valence-corrected chi connectivity index (χ0v) is 25.1. The van der Waals surface area contributed by atoms with Crippen molar-refractivity contribution in [3.8, 4) is 0 Å². The molecule has 0 bridgehead atoms. The normalized spacial score (nSPS) is 37.8. The van der Waals surface area contributed by atoms with Gasteiger partial charge in [0.15, 0.2) is 5.82 Å². The summed E-state index contributed by atoms with van der Waals surface area (Å²) >= 11 is 0. The summed E-state index contributed by atoms with van der Waals surface area (Å²) in [6.07, 6.45) is 1.68. The molecule has 2 heterocycles. The minimum Gasteiger partial charge on any atom is -0.390 e. The fourth-order valence-corrected chi connectivity index (χ4v) is 8.41. The maximum Gasteiger partial charge on any atom is 0.481 e. The number of phosphoric ester groups is 2. The van der Waals surface area contributed by atoms with Crippen molar-refractivity contribution >= 4 is 27.4 Å². The molecule has 2 fully saturated rings. The number of nitrogens with zero attached hydrogens (tertiary/aromatic N) is 4. The van der Waals surface area contributed by atoms with Crippen molar-refractivity contribution in [3.05, 3.63) is 35.8 Å². The molecular formula is C24H36N6O12P2. The van der Waals surface area contributed by atoms with E-state index in [1.807, 2.05) is 0 Å². The molecule has 244 valence electrons. The van der Waals surface area contributed by atoms with E-state index in [0.717, 1.165) is 0 Å². The van der Waals surface area contributed by atoms with Gasteiger partial charge in [-0.2, -0.15) is 9.42 Å². The van der Waals surface area contributed by atoms with Gasteiger partial charge in [0.1, 0.15) is 11.8 Å². The van der Waals surface area contributed by atoms with Gasteiger partial charge in [-0.15, -0.1) is 5.11 Å². The fourth-order valence-electron chi connectivity index (χ4n) is 6.23. The highest BCUT2D eigenvalue weighted by molar-refractivity contribution is 7.61. The monoisotopic (exact) mass is 662 g/mol. The van der Waals surface area contributed by atoms with Crippen LogP contribution in [0.15, 0.2) is 40.4 Å². The van der Waals surface area contributed by atoms with E-state index in [9.17, 15) is 44.1 Å². The number of hydrogen-bond donors (Lipinski definition) is 8. The largest absolute Gasteiger partial charge is 0.481 e. The summed E-state index contributed by atoms with van der Waals surface area (Å²) in [5.41, 5.74) is 12.2. The van der Waals surface area contributed by atoms with Gasteiger partial charge < -0.3 is 46.2 Å². The molecule has 5 rings (SSSR count). The summed E-state index contributed by atoms with van der Waals surface area (Å²) < 4.78 is 40.7. The number of hydrogen-bond acceptors (Lipinski definition) is 14. The highest BCUT2D eigenvalue weighted by Crippen LogP contribution is 2.61. The Morgan fingerprint density at radius 1 is 1.00 bits per heavy atom. The summed E-state index contributed by atoms with van der Waals surface area (Å²) in [7, 11) is -10.5. The Hall–Kier alpha value is -2.18. The molecule has 0 radical (unpaired) electrons. The smallest absolute Gasteiger partial charge is 0.390 e. The average molecular weight is 663 g/mol. The van der Waals surface area contributed by atoms with E-state index in [4.69, 9.17) is 20.5 Å². The lowest BCUT2D eigenvalue weighted by molar-refractivity contribution is -0.114. The number of imidazole rings is 1. The standard InChI is InChI=1S/C24H36N6O12P2/c25-16-7-28-29-24-18(16)27-10-30(24)17-6-14(20(32)22(17)34)9-41-44(38,39)42-43(36,37)40-8-13-5-15(21(33)19(13)31)11-2-1-3-12(4-11)23(26)35/h1-2,4,10-11,13-17,19-22,31-34H,3,5-9,25H2,(H2,26,35)(H,36,37)(H,38,39). The van der Waals surface area contributed by atoms with Crippen molar-refractivity contribution in [1.82, 2.24) is 9.55 Å². The summed E-state index contributed by atoms with van der Waals surface area (Å²) in [6, 6.07) is -1.23. The Morgan fingerprint density at radius 2 is 1.64 bits per heavy atom. The van der Waals surface area contributed by atoms with E-state index >= 15 is 0 Å². The molecule has 2 saturated carbocycles. The molecule has 1 aromatic rings. The number of primary amides is 1. The Morgan fingerprint density at radius 3 is 2.30 bits per heavy atom. The summed E-state index contributed by atoms with van der Waals surface area (Å²) in [5, 5.41) is 50.3. The Balaban J connectivity index is 1.14. The van der Waals surface area contributed by atoms with Crippen molar-refractivity contribution < 1.29 is 57.5 Å². The first-order valence-electron chi connectivity index (χ1n) is 13.9. The van der Waals surface area contributed by atoms with E-state index < -0.39 is 94.9 Å². The van der Waals surface area contributed by atoms with Crippen molar-refractivity contribution in [2.45, 2.75) is 55.8 Å². The summed E-state index contributed by atoms with van der Waals surface area (Å²) in [6.45, 7) is -0.999. The minimum absolute atomic E-state index is 0.0541. The number of azo groups is 1. The van der Waals surface area contributed by atoms with Gasteiger partial charge in [0, 0.05) is 23.3 Å². The van der Waals surface area contributed by atoms with Crippen LogP contribution in [-0.2, 0) is 27.3 Å². The molecule has 1 aliphatic heterocycles. The average Bonchev–Trinajstić information content (AvgIpc) is 3.61. The van der Waals surface area contributed by atoms with Crippen LogP contribution in [0.3, 0.4) is 0 Å². The van der Waals surface area contributed by atoms with E-state index in [2.05, 4.69) is 19.5 Å². The predicted octanol–water partition coefficient (Wildman–Crippen LogP) is -0.141. The molecule has 3 aliphatic carbocycles. The van der Waals surface area contributed by atoms with Gasteiger partial charge in [0.25, 0.3) is 0 Å². The first kappa shape index (κ1) is 33.2. The highest BCUT2D eigenvalue weighted by atomic mass is 31.3. The lowest BCUT2D eigenvalue weighted by Gasteiger charge is -2.24. The van der Waals surface area contributed by atoms with E-state index in [-0.39, 0.29) is 19.4 Å². The lowest BCUT2D eigenvalue weighted by atomic mass is 9.83. The van der Waals surface area contributed by atoms with Gasteiger partial charge in [0.05, 0.1) is 56.5 Å². The highest BCUT2D eigenvalue weighted by Gasteiger charge is 2.47. The molecule has 0 aromatic carbocycles. The number of aliphatic hydroxyl groups excluding tert-OH is 4. The zero-order chi connectivity index (χ0) is 32.0. The van der Waals surface area contributed by atoms with Crippen LogP contribution < -0.4 is 11.5 Å². The summed E-state index contributed by atoms with van der Waals surface area (Å²) in [4.78, 5) is 36.0. The number of carbonyl (C=O) groups is 1. The molecule has 1 amide bonds. The third-order valence-corrected chi connectivity index (χ3v) is 11.2. The van der Waals surface area contributed by atoms with Gasteiger partial charge >= 0.3 is 15.6 Å². The number of allylic oxidation sites excluding steroid dienone is 3. The molecule has 20 heteroatoms. The lowest BCUT2D eigenvalue weighted by Crippen LogP contribution is -2.32. The molecule has 12 unspecified atom stereocenters. The molecule has 18 nitrogen and oxygen atoms in total. The van der Waals surface area contributed by atoms with Gasteiger partial charge in [-0.3, -0.25) is 13.8 Å². The van der Waals surface area contributed by atoms with Crippen LogP contribution in [0.1, 0.15) is 37.0 Å². The van der Waals surface area contributed by atoms with Crippen molar-refractivity contribution in [3.63, 3.8) is 0 Å². The van der Waals surface area contributed by atoms with Crippen molar-refractivity contribution in [2.75, 3.05) is 19.8 Å². The van der Waals surface area contributed by atoms with E-state index in [0.29, 0.717) is 23.5 Å². The Kier molecular flexibility index (Phi) is 9.73. The molecule has 1 aromatic heterocycles. The number of aliphatic hydroxyl groups is 4. The first-order chi connectivity index (χ1) is 20.7. The summed E-state index contributed by atoms with van der Waals surface area (Å²) in [5.74, 6) is -3.00. The second kappa shape index (κ2) is 12.9. The van der Waals surface area contributed by atoms with Crippen LogP contribution in [0.5, 0.6) is 0 Å². The third-order valence-electron chi connectivity index (χ3n) is 8.58. The minimum atomic E-state index is -5.23. The molecule has 0 spiro atoms. The predicted molar refractivity (Wildman–Crippen MR) is 148 cm³/mol. The Labute approximate surface area is 251 Å². The molecule has 4 aliphatic rings.